The number of hydrogen-bond acceptors (Lipinski definition) is 8. The molecule has 0 unspecified atom stereocenters. The van der Waals surface area contributed by atoms with Crippen molar-refractivity contribution >= 4 is 35.5 Å². The zero-order valence-corrected chi connectivity index (χ0v) is 27.4. The number of nitrogens with one attached hydrogen (secondary N) is 1. The minimum absolute atomic E-state index is 0.246. The van der Waals surface area contributed by atoms with Crippen LogP contribution in [0.4, 0.5) is 5.82 Å². The molecule has 0 radical (unpaired) electrons. The molecule has 3 atom stereocenters. The predicted molar refractivity (Wildman–Crippen MR) is 178 cm³/mol. The molecule has 0 saturated heterocycles. The Morgan fingerprint density at radius 1 is 0.956 bits per heavy atom. The van der Waals surface area contributed by atoms with Crippen LogP contribution in [0, 0.1) is 0 Å². The summed E-state index contributed by atoms with van der Waals surface area (Å²) in [6.07, 6.45) is -0.599. The first-order valence-electron chi connectivity index (χ1n) is 15.2. The first-order valence-corrected chi connectivity index (χ1v) is 16.7. The summed E-state index contributed by atoms with van der Waals surface area (Å²) in [5, 5.41) is 4.11. The Hall–Kier alpha value is -3.79. The number of nitrogen functional groups attached to an aromatic ring is 1. The van der Waals surface area contributed by atoms with E-state index >= 15 is 0 Å². The van der Waals surface area contributed by atoms with E-state index in [9.17, 15) is 4.57 Å². The standard InChI is InChI=1S/C34H42N5O5P/c1-6-41-23-30-37-31-32(27-19-13-14-20-28(27)36-33(31)35)39(30)21-24(2)43-45(40,44-26-17-11-8-12-18-26)38-29(22-42-34(3,4)5)25-15-9-7-10-16-25/h7-20,24,29H,6,21-23H2,1-5H3,(H2,35,36)(H,38,40)/t24-,29-,45-/m1/s1. The summed E-state index contributed by atoms with van der Waals surface area (Å²) in [6.45, 7) is 11.1. The van der Waals surface area contributed by atoms with Crippen molar-refractivity contribution in [1.29, 1.82) is 0 Å². The van der Waals surface area contributed by atoms with Crippen molar-refractivity contribution in [3.8, 4) is 5.75 Å². The Morgan fingerprint density at radius 3 is 2.31 bits per heavy atom. The van der Waals surface area contributed by atoms with Crippen molar-refractivity contribution in [3.05, 3.63) is 96.3 Å². The Morgan fingerprint density at radius 2 is 1.62 bits per heavy atom. The second kappa shape index (κ2) is 14.1. The molecular weight excluding hydrogens is 589 g/mol. The van der Waals surface area contributed by atoms with Gasteiger partial charge in [-0.15, -0.1) is 0 Å². The zero-order valence-electron chi connectivity index (χ0n) is 26.5. The third kappa shape index (κ3) is 8.28. The fourth-order valence-corrected chi connectivity index (χ4v) is 6.75. The molecule has 45 heavy (non-hydrogen) atoms. The summed E-state index contributed by atoms with van der Waals surface area (Å²) in [4.78, 5) is 9.38. The number of nitrogens with zero attached hydrogens (tertiary/aromatic N) is 3. The lowest BCUT2D eigenvalue weighted by Gasteiger charge is -2.30. The number of rotatable bonds is 14. The van der Waals surface area contributed by atoms with Gasteiger partial charge in [-0.05, 0) is 58.4 Å². The molecule has 0 amide bonds. The Balaban J connectivity index is 1.51. The molecular formula is C34H42N5O5P. The van der Waals surface area contributed by atoms with Gasteiger partial charge in [0.05, 0.1) is 41.9 Å². The van der Waals surface area contributed by atoms with Crippen LogP contribution in [0.5, 0.6) is 5.75 Å². The van der Waals surface area contributed by atoms with Gasteiger partial charge < -0.3 is 24.3 Å². The van der Waals surface area contributed by atoms with Crippen LogP contribution in [0.15, 0.2) is 84.9 Å². The Labute approximate surface area is 264 Å². The van der Waals surface area contributed by atoms with Gasteiger partial charge in [-0.1, -0.05) is 66.7 Å². The third-order valence-corrected chi connectivity index (χ3v) is 8.77. The minimum atomic E-state index is -4.01. The molecule has 2 aromatic heterocycles. The maximum Gasteiger partial charge on any atom is 0.459 e. The molecule has 0 aliphatic rings. The van der Waals surface area contributed by atoms with E-state index in [1.54, 1.807) is 12.1 Å². The molecule has 0 saturated carbocycles. The fourth-order valence-electron chi connectivity index (χ4n) is 5.05. The molecule has 3 N–H and O–H groups in total. The number of nitrogens with two attached hydrogens (primary N) is 1. The Bertz CT molecular complexity index is 1760. The van der Waals surface area contributed by atoms with Crippen LogP contribution in [0.25, 0.3) is 21.9 Å². The molecule has 2 heterocycles. The number of fused-ring (bicyclic) bond motifs is 3. The smallest absolute Gasteiger partial charge is 0.413 e. The van der Waals surface area contributed by atoms with Gasteiger partial charge in [-0.3, -0.25) is 4.52 Å². The molecule has 11 heteroatoms. The number of aromatic nitrogens is 3. The number of para-hydroxylation sites is 2. The maximum atomic E-state index is 14.7. The summed E-state index contributed by atoms with van der Waals surface area (Å²) in [5.41, 5.74) is 9.01. The van der Waals surface area contributed by atoms with Crippen LogP contribution >= 0.6 is 7.75 Å². The van der Waals surface area contributed by atoms with E-state index in [1.165, 1.54) is 0 Å². The zero-order chi connectivity index (χ0) is 32.0. The summed E-state index contributed by atoms with van der Waals surface area (Å²) in [6, 6.07) is 26.0. The third-order valence-electron chi connectivity index (χ3n) is 7.05. The van der Waals surface area contributed by atoms with E-state index in [2.05, 4.69) is 10.1 Å². The summed E-state index contributed by atoms with van der Waals surface area (Å²) < 4.78 is 41.2. The van der Waals surface area contributed by atoms with E-state index in [-0.39, 0.29) is 13.2 Å². The van der Waals surface area contributed by atoms with Crippen LogP contribution in [-0.2, 0) is 31.7 Å². The van der Waals surface area contributed by atoms with Gasteiger partial charge in [0.1, 0.15) is 23.7 Å². The average molecular weight is 632 g/mol. The van der Waals surface area contributed by atoms with Crippen LogP contribution in [0.2, 0.25) is 0 Å². The monoisotopic (exact) mass is 631 g/mol. The highest BCUT2D eigenvalue weighted by Crippen LogP contribution is 2.48. The van der Waals surface area contributed by atoms with Gasteiger partial charge in [-0.2, -0.15) is 0 Å². The quantitative estimate of drug-likeness (QED) is 0.120. The molecule has 3 aromatic carbocycles. The molecule has 10 nitrogen and oxygen atoms in total. The second-order valence-corrected chi connectivity index (χ2v) is 13.5. The maximum absolute atomic E-state index is 14.7. The molecule has 0 fully saturated rings. The molecule has 0 aliphatic carbocycles. The van der Waals surface area contributed by atoms with E-state index in [4.69, 9.17) is 29.2 Å². The van der Waals surface area contributed by atoms with Crippen LogP contribution in [0.1, 0.15) is 52.0 Å². The predicted octanol–water partition coefficient (Wildman–Crippen LogP) is 7.44. The van der Waals surface area contributed by atoms with Crippen LogP contribution in [0.3, 0.4) is 0 Å². The molecule has 0 aliphatic heterocycles. The van der Waals surface area contributed by atoms with Crippen molar-refractivity contribution in [3.63, 3.8) is 0 Å². The number of imidazole rings is 1. The van der Waals surface area contributed by atoms with Crippen LogP contribution < -0.4 is 15.3 Å². The average Bonchev–Trinajstić information content (AvgIpc) is 3.37. The lowest BCUT2D eigenvalue weighted by Crippen LogP contribution is -2.32. The van der Waals surface area contributed by atoms with E-state index in [0.29, 0.717) is 36.1 Å². The normalized spacial score (nSPS) is 14.8. The van der Waals surface area contributed by atoms with E-state index < -0.39 is 25.5 Å². The molecule has 238 valence electrons. The van der Waals surface area contributed by atoms with Crippen molar-refractivity contribution in [2.45, 2.75) is 65.5 Å². The molecule has 0 bridgehead atoms. The molecule has 0 spiro atoms. The second-order valence-electron chi connectivity index (χ2n) is 11.8. The van der Waals surface area contributed by atoms with Gasteiger partial charge in [0.15, 0.2) is 5.82 Å². The number of ether oxygens (including phenoxy) is 2. The largest absolute Gasteiger partial charge is 0.459 e. The summed E-state index contributed by atoms with van der Waals surface area (Å²) in [5.74, 6) is 1.41. The van der Waals surface area contributed by atoms with Crippen molar-refractivity contribution < 1.29 is 23.1 Å². The molecule has 5 aromatic rings. The summed E-state index contributed by atoms with van der Waals surface area (Å²) in [7, 11) is -4.01. The van der Waals surface area contributed by atoms with Crippen molar-refractivity contribution in [2.75, 3.05) is 18.9 Å². The summed E-state index contributed by atoms with van der Waals surface area (Å²) >= 11 is 0. The van der Waals surface area contributed by atoms with E-state index in [1.807, 2.05) is 112 Å². The highest BCUT2D eigenvalue weighted by molar-refractivity contribution is 7.52. The van der Waals surface area contributed by atoms with Gasteiger partial charge in [-0.25, -0.2) is 19.6 Å². The van der Waals surface area contributed by atoms with Crippen LogP contribution in [-0.4, -0.2) is 39.5 Å². The lowest BCUT2D eigenvalue weighted by molar-refractivity contribution is -0.0134. The fraction of sp³-hybridized carbons (Fsp3) is 0.353. The SMILES string of the molecule is CCOCc1nc2c(N)nc3ccccc3c2n1C[C@@H](C)O[P@](=O)(N[C@H](COC(C)(C)C)c1ccccc1)Oc1ccccc1. The van der Waals surface area contributed by atoms with Gasteiger partial charge in [0, 0.05) is 12.0 Å². The highest BCUT2D eigenvalue weighted by Gasteiger charge is 2.34. The van der Waals surface area contributed by atoms with Crippen molar-refractivity contribution in [2.24, 2.45) is 0 Å². The highest BCUT2D eigenvalue weighted by atomic mass is 31.2. The topological polar surface area (TPSA) is 123 Å². The number of benzene rings is 3. The first kappa shape index (κ1) is 32.6. The molecule has 5 rings (SSSR count). The van der Waals surface area contributed by atoms with Crippen molar-refractivity contribution in [1.82, 2.24) is 19.6 Å². The number of anilines is 1. The number of hydrogen-bond donors (Lipinski definition) is 2. The van der Waals surface area contributed by atoms with Gasteiger partial charge in [0.2, 0.25) is 0 Å². The van der Waals surface area contributed by atoms with Gasteiger partial charge >= 0.3 is 7.75 Å². The number of pyridine rings is 1. The van der Waals surface area contributed by atoms with E-state index in [0.717, 1.165) is 22.0 Å². The van der Waals surface area contributed by atoms with Gasteiger partial charge in [0.25, 0.3) is 0 Å². The minimum Gasteiger partial charge on any atom is -0.413 e. The first-order chi connectivity index (χ1) is 21.5. The Kier molecular flexibility index (Phi) is 10.2. The lowest BCUT2D eigenvalue weighted by atomic mass is 10.1.